The Bertz CT molecular complexity index is 350. The van der Waals surface area contributed by atoms with Gasteiger partial charge >= 0.3 is 5.97 Å². The average Bonchev–Trinajstić information content (AvgIpc) is 2.20. The molecule has 1 aromatic carbocycles. The monoisotopic (exact) mass is 246 g/mol. The van der Waals surface area contributed by atoms with Crippen LogP contribution in [0.4, 0.5) is 0 Å². The second kappa shape index (κ2) is 5.99. The summed E-state index contributed by atoms with van der Waals surface area (Å²) in [6.07, 6.45) is 1.06. The molecule has 0 saturated carbocycles. The minimum Gasteiger partial charge on any atom is -0.465 e. The molecule has 0 saturated heterocycles. The van der Waals surface area contributed by atoms with Gasteiger partial charge in [0.1, 0.15) is 0 Å². The lowest BCUT2D eigenvalue weighted by molar-refractivity contribution is -0.142. The lowest BCUT2D eigenvalue weighted by Crippen LogP contribution is -2.08. The number of halogens is 2. The summed E-state index contributed by atoms with van der Waals surface area (Å²) in [4.78, 5) is 11.3. The predicted molar refractivity (Wildman–Crippen MR) is 61.4 cm³/mol. The topological polar surface area (TPSA) is 26.3 Å². The van der Waals surface area contributed by atoms with E-state index in [1.807, 2.05) is 6.92 Å². The molecule has 0 amide bonds. The van der Waals surface area contributed by atoms with E-state index in [1.54, 1.807) is 18.2 Å². The molecule has 0 spiro atoms. The van der Waals surface area contributed by atoms with Crippen molar-refractivity contribution in [3.05, 3.63) is 33.8 Å². The highest BCUT2D eigenvalue weighted by molar-refractivity contribution is 6.42. The Labute approximate surface area is 99.1 Å². The summed E-state index contributed by atoms with van der Waals surface area (Å²) in [5.74, 6) is -0.241. The zero-order chi connectivity index (χ0) is 11.3. The zero-order valence-electron chi connectivity index (χ0n) is 8.43. The van der Waals surface area contributed by atoms with E-state index < -0.39 is 0 Å². The van der Waals surface area contributed by atoms with Crippen LogP contribution in [0.5, 0.6) is 0 Å². The van der Waals surface area contributed by atoms with E-state index >= 15 is 0 Å². The van der Waals surface area contributed by atoms with E-state index in [1.165, 1.54) is 0 Å². The summed E-state index contributed by atoms with van der Waals surface area (Å²) in [5.41, 5.74) is 0.811. The lowest BCUT2D eigenvalue weighted by Gasteiger charge is -2.04. The third kappa shape index (κ3) is 4.10. The minimum absolute atomic E-state index is 0.233. The van der Waals surface area contributed by atoms with E-state index in [0.29, 0.717) is 16.7 Å². The molecule has 0 atom stereocenters. The molecular weight excluding hydrogens is 235 g/mol. The van der Waals surface area contributed by atoms with Gasteiger partial charge in [0.15, 0.2) is 0 Å². The molecule has 0 fully saturated rings. The first-order valence-corrected chi connectivity index (χ1v) is 5.48. The van der Waals surface area contributed by atoms with E-state index in [9.17, 15) is 4.79 Å². The molecule has 0 aliphatic heterocycles. The highest BCUT2D eigenvalue weighted by Gasteiger charge is 2.06. The number of hydrogen-bond donors (Lipinski definition) is 0. The molecular formula is C11H12Cl2O2. The molecule has 82 valence electrons. The van der Waals surface area contributed by atoms with Gasteiger partial charge in [-0.1, -0.05) is 36.2 Å². The average molecular weight is 247 g/mol. The first-order chi connectivity index (χ1) is 7.13. The van der Waals surface area contributed by atoms with Gasteiger partial charge in [-0.05, 0) is 24.1 Å². The zero-order valence-corrected chi connectivity index (χ0v) is 9.94. The van der Waals surface area contributed by atoms with Crippen LogP contribution in [-0.4, -0.2) is 12.6 Å². The Morgan fingerprint density at radius 1 is 1.33 bits per heavy atom. The van der Waals surface area contributed by atoms with E-state index in [4.69, 9.17) is 27.9 Å². The van der Waals surface area contributed by atoms with Gasteiger partial charge in [-0.15, -0.1) is 0 Å². The molecule has 1 rings (SSSR count). The summed E-state index contributed by atoms with van der Waals surface area (Å²) in [6.45, 7) is 2.41. The number of rotatable bonds is 4. The van der Waals surface area contributed by atoms with Gasteiger partial charge in [-0.3, -0.25) is 4.79 Å². The van der Waals surface area contributed by atoms with Crippen molar-refractivity contribution in [2.45, 2.75) is 19.8 Å². The summed E-state index contributed by atoms with van der Waals surface area (Å²) in [6, 6.07) is 5.12. The van der Waals surface area contributed by atoms with Crippen molar-refractivity contribution in [2.24, 2.45) is 0 Å². The van der Waals surface area contributed by atoms with Crippen LogP contribution in [0.25, 0.3) is 0 Å². The minimum atomic E-state index is -0.241. The maximum Gasteiger partial charge on any atom is 0.310 e. The molecule has 1 aromatic rings. The summed E-state index contributed by atoms with van der Waals surface area (Å²) in [7, 11) is 0. The lowest BCUT2D eigenvalue weighted by atomic mass is 10.1. The largest absolute Gasteiger partial charge is 0.465 e. The summed E-state index contributed by atoms with van der Waals surface area (Å²) in [5, 5.41) is 0.944. The van der Waals surface area contributed by atoms with Crippen LogP contribution < -0.4 is 0 Å². The molecule has 0 bridgehead atoms. The Balaban J connectivity index is 2.57. The Kier molecular flexibility index (Phi) is 4.92. The SMILES string of the molecule is CCCOC(=O)Cc1ccc(Cl)c(Cl)c1. The molecule has 4 heteroatoms. The second-order valence-electron chi connectivity index (χ2n) is 3.15. The summed E-state index contributed by atoms with van der Waals surface area (Å²) < 4.78 is 4.95. The Morgan fingerprint density at radius 2 is 2.07 bits per heavy atom. The van der Waals surface area contributed by atoms with Crippen LogP contribution in [0.1, 0.15) is 18.9 Å². The highest BCUT2D eigenvalue weighted by Crippen LogP contribution is 2.22. The van der Waals surface area contributed by atoms with Crippen molar-refractivity contribution in [3.63, 3.8) is 0 Å². The van der Waals surface area contributed by atoms with Gasteiger partial charge in [0.25, 0.3) is 0 Å². The van der Waals surface area contributed by atoms with Crippen molar-refractivity contribution in [3.8, 4) is 0 Å². The van der Waals surface area contributed by atoms with Crippen LogP contribution in [0.2, 0.25) is 10.0 Å². The third-order valence-electron chi connectivity index (χ3n) is 1.80. The predicted octanol–water partition coefficient (Wildman–Crippen LogP) is 3.49. The number of benzene rings is 1. The smallest absolute Gasteiger partial charge is 0.310 e. The van der Waals surface area contributed by atoms with Crippen molar-refractivity contribution in [1.82, 2.24) is 0 Å². The molecule has 15 heavy (non-hydrogen) atoms. The van der Waals surface area contributed by atoms with Crippen LogP contribution in [0.15, 0.2) is 18.2 Å². The Hall–Kier alpha value is -0.730. The quantitative estimate of drug-likeness (QED) is 0.761. The molecule has 2 nitrogen and oxygen atoms in total. The number of carbonyl (C=O) groups is 1. The van der Waals surface area contributed by atoms with E-state index in [2.05, 4.69) is 0 Å². The molecule has 0 aromatic heterocycles. The van der Waals surface area contributed by atoms with Gasteiger partial charge in [0.05, 0.1) is 23.1 Å². The molecule has 0 aliphatic rings. The molecule has 0 heterocycles. The van der Waals surface area contributed by atoms with Crippen LogP contribution in [0.3, 0.4) is 0 Å². The van der Waals surface area contributed by atoms with Gasteiger partial charge in [-0.25, -0.2) is 0 Å². The van der Waals surface area contributed by atoms with Crippen molar-refractivity contribution >= 4 is 29.2 Å². The number of hydrogen-bond acceptors (Lipinski definition) is 2. The number of carbonyl (C=O) groups excluding carboxylic acids is 1. The summed E-state index contributed by atoms with van der Waals surface area (Å²) >= 11 is 11.6. The fourth-order valence-electron chi connectivity index (χ4n) is 1.08. The van der Waals surface area contributed by atoms with Gasteiger partial charge < -0.3 is 4.74 Å². The normalized spacial score (nSPS) is 10.1. The fraction of sp³-hybridized carbons (Fsp3) is 0.364. The molecule has 0 aliphatic carbocycles. The van der Waals surface area contributed by atoms with Crippen LogP contribution in [-0.2, 0) is 16.0 Å². The van der Waals surface area contributed by atoms with Crippen molar-refractivity contribution < 1.29 is 9.53 Å². The van der Waals surface area contributed by atoms with Crippen LogP contribution >= 0.6 is 23.2 Å². The van der Waals surface area contributed by atoms with Crippen LogP contribution in [0, 0.1) is 0 Å². The van der Waals surface area contributed by atoms with Crippen molar-refractivity contribution in [1.29, 1.82) is 0 Å². The number of ether oxygens (including phenoxy) is 1. The van der Waals surface area contributed by atoms with E-state index in [-0.39, 0.29) is 12.4 Å². The maximum atomic E-state index is 11.3. The van der Waals surface area contributed by atoms with Gasteiger partial charge in [-0.2, -0.15) is 0 Å². The number of esters is 1. The highest BCUT2D eigenvalue weighted by atomic mass is 35.5. The molecule has 0 radical (unpaired) electrons. The second-order valence-corrected chi connectivity index (χ2v) is 3.96. The molecule has 0 unspecified atom stereocenters. The van der Waals surface area contributed by atoms with Gasteiger partial charge in [0, 0.05) is 0 Å². The Morgan fingerprint density at radius 3 is 2.67 bits per heavy atom. The van der Waals surface area contributed by atoms with Crippen molar-refractivity contribution in [2.75, 3.05) is 6.61 Å². The first kappa shape index (κ1) is 12.3. The molecule has 0 N–H and O–H groups in total. The van der Waals surface area contributed by atoms with Gasteiger partial charge in [0.2, 0.25) is 0 Å². The van der Waals surface area contributed by atoms with E-state index in [0.717, 1.165) is 12.0 Å². The first-order valence-electron chi connectivity index (χ1n) is 4.73. The standard InChI is InChI=1S/C11H12Cl2O2/c1-2-5-15-11(14)7-8-3-4-9(12)10(13)6-8/h3-4,6H,2,5,7H2,1H3. The maximum absolute atomic E-state index is 11.3. The third-order valence-corrected chi connectivity index (χ3v) is 2.54. The fourth-order valence-corrected chi connectivity index (χ4v) is 1.40.